The highest BCUT2D eigenvalue weighted by Gasteiger charge is 2.34. The number of aliphatic hydroxyl groups excluding tert-OH is 1. The van der Waals surface area contributed by atoms with Crippen LogP contribution >= 0.6 is 0 Å². The van der Waals surface area contributed by atoms with Gasteiger partial charge in [-0.1, -0.05) is 87.1 Å². The van der Waals surface area contributed by atoms with Gasteiger partial charge in [-0.2, -0.15) is 0 Å². The van der Waals surface area contributed by atoms with E-state index in [0.29, 0.717) is 46.5 Å². The van der Waals surface area contributed by atoms with Crippen molar-refractivity contribution in [2.45, 2.75) is 114 Å². The molecule has 4 rings (SSSR count). The third kappa shape index (κ3) is 15.2. The lowest BCUT2D eigenvalue weighted by Gasteiger charge is -2.36. The second kappa shape index (κ2) is 22.0. The number of aromatic carboxylic acids is 1. The first-order valence-electron chi connectivity index (χ1n) is 18.0. The van der Waals surface area contributed by atoms with Gasteiger partial charge in [-0.25, -0.2) is 19.2 Å². The molecule has 0 heterocycles. The minimum Gasteiger partial charge on any atom is -0.478 e. The highest BCUT2D eigenvalue weighted by molar-refractivity contribution is 5.92. The smallest absolute Gasteiger partial charge is 0.338 e. The van der Waals surface area contributed by atoms with Crippen LogP contribution in [0.4, 0.5) is 0 Å². The summed E-state index contributed by atoms with van der Waals surface area (Å²) in [4.78, 5) is 45.9. The molecule has 0 aromatic heterocycles. The maximum absolute atomic E-state index is 12.6. The zero-order valence-corrected chi connectivity index (χ0v) is 31.6. The maximum atomic E-state index is 12.6. The Morgan fingerprint density at radius 3 is 1.60 bits per heavy atom. The van der Waals surface area contributed by atoms with Crippen LogP contribution in [0.2, 0.25) is 0 Å². The first kappa shape index (κ1) is 45.8. The predicted molar refractivity (Wildman–Crippen MR) is 205 cm³/mol. The maximum Gasteiger partial charge on any atom is 0.338 e. The summed E-state index contributed by atoms with van der Waals surface area (Å²) < 4.78 is 15.9. The quantitative estimate of drug-likeness (QED) is 0.147. The van der Waals surface area contributed by atoms with Gasteiger partial charge in [-0.05, 0) is 111 Å². The number of carboxylic acids is 1. The summed E-state index contributed by atoms with van der Waals surface area (Å²) >= 11 is 0. The van der Waals surface area contributed by atoms with E-state index in [4.69, 9.17) is 19.3 Å². The molecule has 2 aromatic carbocycles. The summed E-state index contributed by atoms with van der Waals surface area (Å²) in [7, 11) is 0. The van der Waals surface area contributed by atoms with Crippen molar-refractivity contribution in [2.24, 2.45) is 35.5 Å². The Bertz CT molecular complexity index is 1510. The Kier molecular flexibility index (Phi) is 19.3. The zero-order valence-electron chi connectivity index (χ0n) is 31.6. The third-order valence-electron chi connectivity index (χ3n) is 9.48. The largest absolute Gasteiger partial charge is 0.478 e. The molecule has 0 spiro atoms. The molecular formula is C43H62O9. The predicted octanol–water partition coefficient (Wildman–Crippen LogP) is 9.73. The topological polar surface area (TPSA) is 136 Å². The second-order valence-electron chi connectivity index (χ2n) is 14.9. The van der Waals surface area contributed by atoms with Crippen molar-refractivity contribution in [3.63, 3.8) is 0 Å². The van der Waals surface area contributed by atoms with Crippen LogP contribution in [0.25, 0.3) is 0 Å². The lowest BCUT2D eigenvalue weighted by Crippen LogP contribution is -2.35. The molecule has 6 unspecified atom stereocenters. The number of aliphatic hydroxyl groups is 1. The van der Waals surface area contributed by atoms with Gasteiger partial charge in [0.05, 0.1) is 17.2 Å². The van der Waals surface area contributed by atoms with Crippen LogP contribution in [0, 0.1) is 35.5 Å². The Hall–Kier alpha value is -4.24. The molecule has 9 heteroatoms. The van der Waals surface area contributed by atoms with Crippen LogP contribution in [0.15, 0.2) is 72.8 Å². The minimum atomic E-state index is -1.07. The summed E-state index contributed by atoms with van der Waals surface area (Å²) in [6.45, 7) is 23.3. The van der Waals surface area contributed by atoms with Crippen LogP contribution in [0.1, 0.15) is 122 Å². The third-order valence-corrected chi connectivity index (χ3v) is 9.48. The van der Waals surface area contributed by atoms with Crippen LogP contribution < -0.4 is 9.47 Å². The van der Waals surface area contributed by atoms with E-state index in [1.54, 1.807) is 31.2 Å². The van der Waals surface area contributed by atoms with Gasteiger partial charge in [0, 0.05) is 11.1 Å². The molecule has 9 nitrogen and oxygen atoms in total. The van der Waals surface area contributed by atoms with Crippen LogP contribution in [-0.2, 0) is 14.3 Å². The van der Waals surface area contributed by atoms with E-state index in [9.17, 15) is 24.3 Å². The highest BCUT2D eigenvalue weighted by atomic mass is 16.5. The van der Waals surface area contributed by atoms with Crippen LogP contribution in [0.5, 0.6) is 11.5 Å². The van der Waals surface area contributed by atoms with Crippen LogP contribution in [-0.4, -0.2) is 46.3 Å². The number of carboxylic acid groups (broad SMARTS) is 1. The number of benzene rings is 2. The molecule has 2 aromatic rings. The molecule has 2 fully saturated rings. The molecule has 2 N–H and O–H groups in total. The normalized spacial score (nSPS) is 22.2. The van der Waals surface area contributed by atoms with E-state index in [0.717, 1.165) is 25.2 Å². The Balaban J connectivity index is 0.000000426. The van der Waals surface area contributed by atoms with E-state index in [1.807, 2.05) is 0 Å². The summed E-state index contributed by atoms with van der Waals surface area (Å²) in [5.74, 6) is 1.39. The van der Waals surface area contributed by atoms with E-state index in [-0.39, 0.29) is 42.5 Å². The van der Waals surface area contributed by atoms with Crippen molar-refractivity contribution < 1.29 is 43.6 Å². The number of ether oxygens (including phenoxy) is 3. The van der Waals surface area contributed by atoms with Crippen molar-refractivity contribution in [1.82, 2.24) is 0 Å². The summed E-state index contributed by atoms with van der Waals surface area (Å²) in [6.07, 6.45) is 6.63. The van der Waals surface area contributed by atoms with Crippen molar-refractivity contribution >= 4 is 23.9 Å². The number of rotatable bonds is 9. The summed E-state index contributed by atoms with van der Waals surface area (Å²) in [5, 5.41) is 18.4. The highest BCUT2D eigenvalue weighted by Crippen LogP contribution is 2.36. The number of hydrogen-bond acceptors (Lipinski definition) is 8. The standard InChI is InChI=1S/C21H28O4.C11H10O4.C10H20O.CH4/c1-13(2)18-10-9-15(5)11-19(18)25-21(23)16-7-6-8-17(12-16)24-20(22)14(3)4;1-7(2)11(14)15-9-5-3-4-8(6-9)10(12)13;1-7(2)9-5-4-8(3)6-10(9)11;/h6-8,12-13,15,18-19H,3,9-11H2,1-2,4-5H3;3-6H,1H2,2H3,(H,12,13);7-11H,4-6H2,1-3H3;1H4. The Labute approximate surface area is 311 Å². The van der Waals surface area contributed by atoms with Crippen molar-refractivity contribution in [3.8, 4) is 11.5 Å². The molecular weight excluding hydrogens is 660 g/mol. The number of esters is 3. The van der Waals surface area contributed by atoms with Crippen molar-refractivity contribution in [3.05, 3.63) is 84.0 Å². The fraction of sp³-hybridized carbons (Fsp3) is 0.535. The Morgan fingerprint density at radius 1 is 0.712 bits per heavy atom. The number of carbonyl (C=O) groups is 4. The van der Waals surface area contributed by atoms with E-state index in [1.165, 1.54) is 50.5 Å². The average molecular weight is 723 g/mol. The molecule has 0 bridgehead atoms. The lowest BCUT2D eigenvalue weighted by molar-refractivity contribution is -0.130. The molecule has 0 saturated heterocycles. The lowest BCUT2D eigenvalue weighted by atomic mass is 9.75. The summed E-state index contributed by atoms with van der Waals surface area (Å²) in [6, 6.07) is 12.2. The van der Waals surface area contributed by atoms with Crippen molar-refractivity contribution in [2.75, 3.05) is 0 Å². The first-order chi connectivity index (χ1) is 23.9. The molecule has 6 atom stereocenters. The van der Waals surface area contributed by atoms with Gasteiger partial charge in [0.1, 0.15) is 17.6 Å². The van der Waals surface area contributed by atoms with Gasteiger partial charge in [0.15, 0.2) is 0 Å². The molecule has 0 aliphatic heterocycles. The molecule has 2 aliphatic rings. The van der Waals surface area contributed by atoms with Gasteiger partial charge >= 0.3 is 23.9 Å². The van der Waals surface area contributed by atoms with Gasteiger partial charge in [0.25, 0.3) is 0 Å². The summed E-state index contributed by atoms with van der Waals surface area (Å²) in [5.41, 5.74) is 1.04. The molecule has 0 radical (unpaired) electrons. The fourth-order valence-electron chi connectivity index (χ4n) is 6.38. The van der Waals surface area contributed by atoms with Crippen molar-refractivity contribution in [1.29, 1.82) is 0 Å². The molecule has 52 heavy (non-hydrogen) atoms. The zero-order chi connectivity index (χ0) is 38.4. The molecule has 288 valence electrons. The number of hydrogen-bond donors (Lipinski definition) is 2. The number of carbonyl (C=O) groups excluding carboxylic acids is 3. The average Bonchev–Trinajstić information content (AvgIpc) is 3.05. The van der Waals surface area contributed by atoms with Gasteiger partial charge < -0.3 is 24.4 Å². The van der Waals surface area contributed by atoms with Gasteiger partial charge in [-0.3, -0.25) is 0 Å². The van der Waals surface area contributed by atoms with Crippen LogP contribution in [0.3, 0.4) is 0 Å². The van der Waals surface area contributed by atoms with Gasteiger partial charge in [0.2, 0.25) is 0 Å². The van der Waals surface area contributed by atoms with E-state index >= 15 is 0 Å². The monoisotopic (exact) mass is 722 g/mol. The van der Waals surface area contributed by atoms with E-state index in [2.05, 4.69) is 54.7 Å². The molecule has 0 amide bonds. The molecule has 2 saturated carbocycles. The molecule has 2 aliphatic carbocycles. The second-order valence-corrected chi connectivity index (χ2v) is 14.9. The Morgan fingerprint density at radius 2 is 1.15 bits per heavy atom. The fourth-order valence-corrected chi connectivity index (χ4v) is 6.38. The van der Waals surface area contributed by atoms with Gasteiger partial charge in [-0.15, -0.1) is 0 Å². The minimum absolute atomic E-state index is 0. The first-order valence-corrected chi connectivity index (χ1v) is 18.0. The SMILES string of the molecule is C.C=C(C)C(=O)Oc1cccc(C(=O)O)c1.C=C(C)C(=O)Oc1cccc(C(=O)OC2CC(C)CCC2C(C)C)c1.CC1CCC(C(C)C)C(O)C1. The van der Waals surface area contributed by atoms with E-state index < -0.39 is 17.9 Å².